The smallest absolute Gasteiger partial charge is 0.241 e. The van der Waals surface area contributed by atoms with Crippen LogP contribution in [0.1, 0.15) is 32.3 Å². The van der Waals surface area contributed by atoms with E-state index in [2.05, 4.69) is 10.6 Å². The van der Waals surface area contributed by atoms with E-state index in [-0.39, 0.29) is 30.3 Å². The van der Waals surface area contributed by atoms with Crippen LogP contribution in [0.2, 0.25) is 0 Å². The molecule has 5 nitrogen and oxygen atoms in total. The lowest BCUT2D eigenvalue weighted by molar-refractivity contribution is -0.129. The van der Waals surface area contributed by atoms with Crippen molar-refractivity contribution in [2.45, 2.75) is 39.3 Å². The van der Waals surface area contributed by atoms with E-state index in [9.17, 15) is 9.59 Å². The molecule has 6 heteroatoms. The van der Waals surface area contributed by atoms with E-state index in [4.69, 9.17) is 0 Å². The van der Waals surface area contributed by atoms with E-state index in [0.29, 0.717) is 13.1 Å². The van der Waals surface area contributed by atoms with Crippen molar-refractivity contribution < 1.29 is 9.59 Å². The van der Waals surface area contributed by atoms with E-state index in [1.165, 1.54) is 0 Å². The van der Waals surface area contributed by atoms with Gasteiger partial charge in [0.1, 0.15) is 0 Å². The van der Waals surface area contributed by atoms with E-state index in [0.717, 1.165) is 30.6 Å². The molecule has 0 spiro atoms. The molecular weight excluding hydrogens is 302 g/mol. The summed E-state index contributed by atoms with van der Waals surface area (Å²) in [5, 5.41) is 6.12. The van der Waals surface area contributed by atoms with E-state index >= 15 is 0 Å². The van der Waals surface area contributed by atoms with E-state index in [1.807, 2.05) is 31.2 Å². The molecule has 22 heavy (non-hydrogen) atoms. The van der Waals surface area contributed by atoms with Gasteiger partial charge >= 0.3 is 0 Å². The molecule has 1 saturated heterocycles. The fraction of sp³-hybridized carbons (Fsp3) is 0.500. The zero-order valence-corrected chi connectivity index (χ0v) is 13.9. The fourth-order valence-corrected chi connectivity index (χ4v) is 2.55. The van der Waals surface area contributed by atoms with Crippen LogP contribution in [0.3, 0.4) is 0 Å². The SMILES string of the molecule is CCN(Cc1cccc(NC(=O)C2CCCN2)c1)C(C)=O.Cl. The minimum Gasteiger partial charge on any atom is -0.339 e. The number of hydrogen-bond acceptors (Lipinski definition) is 3. The Morgan fingerprint density at radius 1 is 1.41 bits per heavy atom. The van der Waals surface area contributed by atoms with Gasteiger partial charge in [-0.05, 0) is 44.0 Å². The van der Waals surface area contributed by atoms with Gasteiger partial charge in [0.25, 0.3) is 0 Å². The monoisotopic (exact) mass is 325 g/mol. The molecule has 0 radical (unpaired) electrons. The highest BCUT2D eigenvalue weighted by Gasteiger charge is 2.21. The standard InChI is InChI=1S/C16H23N3O2.ClH/c1-3-19(12(2)20)11-13-6-4-7-14(10-13)18-16(21)15-8-5-9-17-15;/h4,6-7,10,15,17H,3,5,8-9,11H2,1-2H3,(H,18,21);1H. The molecule has 1 fully saturated rings. The van der Waals surface area contributed by atoms with Crippen molar-refractivity contribution in [3.8, 4) is 0 Å². The maximum atomic E-state index is 12.1. The molecule has 2 rings (SSSR count). The molecule has 1 aliphatic rings. The zero-order chi connectivity index (χ0) is 15.2. The molecule has 2 N–H and O–H groups in total. The van der Waals surface area contributed by atoms with Crippen LogP contribution >= 0.6 is 12.4 Å². The van der Waals surface area contributed by atoms with Crippen molar-refractivity contribution in [1.82, 2.24) is 10.2 Å². The average molecular weight is 326 g/mol. The Morgan fingerprint density at radius 2 is 2.18 bits per heavy atom. The first-order valence-electron chi connectivity index (χ1n) is 7.49. The topological polar surface area (TPSA) is 61.4 Å². The summed E-state index contributed by atoms with van der Waals surface area (Å²) in [5.74, 6) is 0.0747. The molecule has 1 heterocycles. The molecule has 122 valence electrons. The quantitative estimate of drug-likeness (QED) is 0.872. The van der Waals surface area contributed by atoms with Crippen LogP contribution in [0.4, 0.5) is 5.69 Å². The fourth-order valence-electron chi connectivity index (χ4n) is 2.55. The largest absolute Gasteiger partial charge is 0.339 e. The summed E-state index contributed by atoms with van der Waals surface area (Å²) >= 11 is 0. The van der Waals surface area contributed by atoms with Crippen LogP contribution in [0.5, 0.6) is 0 Å². The van der Waals surface area contributed by atoms with Gasteiger partial charge in [0.15, 0.2) is 0 Å². The Bertz CT molecular complexity index is 516. The van der Waals surface area contributed by atoms with Gasteiger partial charge in [-0.2, -0.15) is 0 Å². The maximum absolute atomic E-state index is 12.1. The van der Waals surface area contributed by atoms with E-state index < -0.39 is 0 Å². The summed E-state index contributed by atoms with van der Waals surface area (Å²) < 4.78 is 0. The lowest BCUT2D eigenvalue weighted by atomic mass is 10.1. The minimum atomic E-state index is -0.0852. The molecule has 1 aromatic rings. The second-order valence-corrected chi connectivity index (χ2v) is 5.37. The summed E-state index contributed by atoms with van der Waals surface area (Å²) in [5.41, 5.74) is 1.80. The highest BCUT2D eigenvalue weighted by molar-refractivity contribution is 5.95. The predicted octanol–water partition coefficient (Wildman–Crippen LogP) is 2.17. The van der Waals surface area contributed by atoms with Crippen LogP contribution in [0.25, 0.3) is 0 Å². The van der Waals surface area contributed by atoms with Crippen molar-refractivity contribution >= 4 is 29.9 Å². The molecule has 1 aromatic carbocycles. The molecule has 0 aliphatic carbocycles. The average Bonchev–Trinajstić information content (AvgIpc) is 2.99. The van der Waals surface area contributed by atoms with Gasteiger partial charge in [-0.25, -0.2) is 0 Å². The second kappa shape index (κ2) is 8.76. The third-order valence-electron chi connectivity index (χ3n) is 3.77. The van der Waals surface area contributed by atoms with Gasteiger partial charge in [-0.3, -0.25) is 9.59 Å². The van der Waals surface area contributed by atoms with Gasteiger partial charge in [0.2, 0.25) is 11.8 Å². The molecular formula is C16H24ClN3O2. The van der Waals surface area contributed by atoms with Crippen LogP contribution in [0, 0.1) is 0 Å². The van der Waals surface area contributed by atoms with Crippen LogP contribution in [0.15, 0.2) is 24.3 Å². The van der Waals surface area contributed by atoms with Crippen molar-refractivity contribution in [3.05, 3.63) is 29.8 Å². The summed E-state index contributed by atoms with van der Waals surface area (Å²) in [6, 6.07) is 7.59. The first kappa shape index (κ1) is 18.5. The maximum Gasteiger partial charge on any atom is 0.241 e. The number of carbonyl (C=O) groups is 2. The number of carbonyl (C=O) groups excluding carboxylic acids is 2. The molecule has 0 aromatic heterocycles. The summed E-state index contributed by atoms with van der Waals surface area (Å²) in [4.78, 5) is 25.3. The van der Waals surface area contributed by atoms with Gasteiger partial charge in [0.05, 0.1) is 6.04 Å². The minimum absolute atomic E-state index is 0. The molecule has 1 atom stereocenters. The Morgan fingerprint density at radius 3 is 2.77 bits per heavy atom. The highest BCUT2D eigenvalue weighted by atomic mass is 35.5. The number of nitrogens with one attached hydrogen (secondary N) is 2. The molecule has 1 aliphatic heterocycles. The predicted molar refractivity (Wildman–Crippen MR) is 90.1 cm³/mol. The Labute approximate surface area is 137 Å². The molecule has 0 saturated carbocycles. The van der Waals surface area contributed by atoms with Gasteiger partial charge in [0, 0.05) is 25.7 Å². The van der Waals surface area contributed by atoms with Gasteiger partial charge in [-0.15, -0.1) is 12.4 Å². The Hall–Kier alpha value is -1.59. The molecule has 2 amide bonds. The number of amides is 2. The summed E-state index contributed by atoms with van der Waals surface area (Å²) in [6.07, 6.45) is 1.93. The first-order chi connectivity index (χ1) is 10.1. The lowest BCUT2D eigenvalue weighted by Crippen LogP contribution is -2.35. The Balaban J connectivity index is 0.00000242. The van der Waals surface area contributed by atoms with Crippen molar-refractivity contribution in [2.24, 2.45) is 0 Å². The number of halogens is 1. The number of anilines is 1. The summed E-state index contributed by atoms with van der Waals surface area (Å²) in [6.45, 7) is 5.68. The normalized spacial score (nSPS) is 16.7. The molecule has 1 unspecified atom stereocenters. The molecule has 0 bridgehead atoms. The first-order valence-corrected chi connectivity index (χ1v) is 7.49. The Kier molecular flexibility index (Phi) is 7.35. The zero-order valence-electron chi connectivity index (χ0n) is 13.1. The lowest BCUT2D eigenvalue weighted by Gasteiger charge is -2.19. The second-order valence-electron chi connectivity index (χ2n) is 5.37. The number of nitrogens with zero attached hydrogens (tertiary/aromatic N) is 1. The number of benzene rings is 1. The van der Waals surface area contributed by atoms with Crippen LogP contribution in [-0.4, -0.2) is 35.8 Å². The number of rotatable bonds is 5. The van der Waals surface area contributed by atoms with E-state index in [1.54, 1.807) is 11.8 Å². The number of hydrogen-bond donors (Lipinski definition) is 2. The van der Waals surface area contributed by atoms with Crippen molar-refractivity contribution in [1.29, 1.82) is 0 Å². The summed E-state index contributed by atoms with van der Waals surface area (Å²) in [7, 11) is 0. The van der Waals surface area contributed by atoms with Gasteiger partial charge < -0.3 is 15.5 Å². The van der Waals surface area contributed by atoms with Crippen molar-refractivity contribution in [2.75, 3.05) is 18.4 Å². The van der Waals surface area contributed by atoms with Gasteiger partial charge in [-0.1, -0.05) is 12.1 Å². The third-order valence-corrected chi connectivity index (χ3v) is 3.77. The van der Waals surface area contributed by atoms with Crippen LogP contribution in [-0.2, 0) is 16.1 Å². The van der Waals surface area contributed by atoms with Crippen LogP contribution < -0.4 is 10.6 Å². The van der Waals surface area contributed by atoms with Crippen molar-refractivity contribution in [3.63, 3.8) is 0 Å². The highest BCUT2D eigenvalue weighted by Crippen LogP contribution is 2.15. The third kappa shape index (κ3) is 5.00.